The number of nitrogens with one attached hydrogen (secondary N) is 1. The van der Waals surface area contributed by atoms with Gasteiger partial charge in [-0.05, 0) is 0 Å². The first kappa shape index (κ1) is 10.4. The third-order valence-electron chi connectivity index (χ3n) is 0.144. The summed E-state index contributed by atoms with van der Waals surface area (Å²) in [6.07, 6.45) is 0. The number of hydrogen-bond acceptors (Lipinski definition) is 2. The second-order valence-electron chi connectivity index (χ2n) is 0.724. The number of hydrogen-bond donors (Lipinski definition) is 0. The van der Waals surface area contributed by atoms with Gasteiger partial charge in [0.15, 0.2) is 6.01 Å². The second kappa shape index (κ2) is 3.44. The maximum absolute atomic E-state index is 10.7. The molecule has 0 atom stereocenters. The first-order valence-electron chi connectivity index (χ1n) is 1.09. The van der Waals surface area contributed by atoms with Gasteiger partial charge in [0.1, 0.15) is 0 Å². The van der Waals surface area contributed by atoms with Crippen LogP contribution in [-0.2, 0) is 10.0 Å². The van der Waals surface area contributed by atoms with Gasteiger partial charge in [0.25, 0.3) is 0 Å². The van der Waals surface area contributed by atoms with Gasteiger partial charge in [-0.25, -0.2) is 12.8 Å². The molecule has 0 rings (SSSR count). The second-order valence-corrected chi connectivity index (χ2v) is 2.17. The fourth-order valence-electron chi connectivity index (χ4n) is 0. The quantitative estimate of drug-likeness (QED) is 0.352. The first-order valence-corrected chi connectivity index (χ1v) is 2.75. The Morgan fingerprint density at radius 1 is 1.57 bits per heavy atom. The molecule has 0 spiro atoms. The molecule has 0 aromatic rings. The van der Waals surface area contributed by atoms with Gasteiger partial charge in [0, 0.05) is 0 Å². The number of sulfonamides is 1. The van der Waals surface area contributed by atoms with Crippen molar-refractivity contribution in [1.82, 2.24) is 0 Å². The van der Waals surface area contributed by atoms with E-state index in [1.807, 2.05) is 0 Å². The molecule has 3 nitrogen and oxygen atoms in total. The summed E-state index contributed by atoms with van der Waals surface area (Å²) in [5.41, 5.74) is 0. The van der Waals surface area contributed by atoms with Gasteiger partial charge in [-0.2, -0.15) is 0 Å². The molecule has 0 aromatic carbocycles. The molecule has 0 aliphatic heterocycles. The third kappa shape index (κ3) is 10.7. The van der Waals surface area contributed by atoms with Crippen molar-refractivity contribution in [2.45, 2.75) is 0 Å². The smallest absolute Gasteiger partial charge is 0.562 e. The van der Waals surface area contributed by atoms with Gasteiger partial charge in [0.2, 0.25) is 0 Å². The van der Waals surface area contributed by atoms with E-state index in [1.165, 1.54) is 0 Å². The van der Waals surface area contributed by atoms with Crippen molar-refractivity contribution in [2.75, 3.05) is 6.01 Å². The SMILES string of the molecule is [Li+].[NH-]S(=O)(=O)CF. The zero-order valence-electron chi connectivity index (χ0n) is 3.81. The van der Waals surface area contributed by atoms with E-state index < -0.39 is 16.0 Å². The van der Waals surface area contributed by atoms with Crippen molar-refractivity contribution in [3.05, 3.63) is 5.14 Å². The van der Waals surface area contributed by atoms with Crippen LogP contribution in [0.5, 0.6) is 0 Å². The minimum Gasteiger partial charge on any atom is -0.562 e. The molecule has 0 fully saturated rings. The van der Waals surface area contributed by atoms with Crippen LogP contribution in [0.3, 0.4) is 0 Å². The van der Waals surface area contributed by atoms with Crippen LogP contribution >= 0.6 is 0 Å². The molecular formula is CH3FLiNO2S. The van der Waals surface area contributed by atoms with Gasteiger partial charge in [-0.15, -0.1) is 0 Å². The van der Waals surface area contributed by atoms with E-state index in [-0.39, 0.29) is 18.9 Å². The Morgan fingerprint density at radius 2 is 1.71 bits per heavy atom. The van der Waals surface area contributed by atoms with Crippen LogP contribution in [0.2, 0.25) is 0 Å². The summed E-state index contributed by atoms with van der Waals surface area (Å²) in [5, 5.41) is 5.78. The Morgan fingerprint density at radius 3 is 1.71 bits per heavy atom. The largest absolute Gasteiger partial charge is 1.00 e. The van der Waals surface area contributed by atoms with Crippen LogP contribution in [0.15, 0.2) is 0 Å². The molecule has 0 bridgehead atoms. The van der Waals surface area contributed by atoms with Crippen molar-refractivity contribution in [2.24, 2.45) is 0 Å². The standard InChI is InChI=1S/CH3FNO2S.Li/c2-1-6(3,4)5;/h1H2,(H-,3,4,5);/q-1;+1. The van der Waals surface area contributed by atoms with Crippen molar-refractivity contribution in [3.63, 3.8) is 0 Å². The van der Waals surface area contributed by atoms with Gasteiger partial charge < -0.3 is 5.14 Å². The Balaban J connectivity index is 0. The van der Waals surface area contributed by atoms with Crippen LogP contribution in [-0.4, -0.2) is 14.4 Å². The Kier molecular flexibility index (Phi) is 5.12. The molecule has 7 heavy (non-hydrogen) atoms. The van der Waals surface area contributed by atoms with Crippen LogP contribution in [0, 0.1) is 0 Å². The zero-order chi connectivity index (χ0) is 5.21. The van der Waals surface area contributed by atoms with E-state index in [0.717, 1.165) is 0 Å². The average Bonchev–Trinajstić information content (AvgIpc) is 1.35. The summed E-state index contributed by atoms with van der Waals surface area (Å²) in [4.78, 5) is 0. The van der Waals surface area contributed by atoms with E-state index in [1.54, 1.807) is 0 Å². The van der Waals surface area contributed by atoms with Crippen molar-refractivity contribution in [1.29, 1.82) is 0 Å². The van der Waals surface area contributed by atoms with Crippen LogP contribution in [0.1, 0.15) is 0 Å². The van der Waals surface area contributed by atoms with Crippen molar-refractivity contribution in [3.8, 4) is 0 Å². The Bertz CT molecular complexity index is 120. The van der Waals surface area contributed by atoms with E-state index in [4.69, 9.17) is 5.14 Å². The molecular weight excluding hydrogens is 116 g/mol. The summed E-state index contributed by atoms with van der Waals surface area (Å²) >= 11 is 0. The summed E-state index contributed by atoms with van der Waals surface area (Å²) < 4.78 is 29.3. The molecule has 0 saturated heterocycles. The third-order valence-corrected chi connectivity index (χ3v) is 0.431. The van der Waals surface area contributed by atoms with E-state index >= 15 is 0 Å². The van der Waals surface area contributed by atoms with Gasteiger partial charge >= 0.3 is 18.9 Å². The van der Waals surface area contributed by atoms with Gasteiger partial charge in [-0.3, -0.25) is 0 Å². The van der Waals surface area contributed by atoms with Crippen LogP contribution in [0.4, 0.5) is 4.39 Å². The Hall–Kier alpha value is 0.437. The fraction of sp³-hybridized carbons (Fsp3) is 1.00. The molecule has 1 N–H and O–H groups in total. The number of alkyl halides is 1. The number of halogens is 1. The maximum Gasteiger partial charge on any atom is 1.00 e. The fourth-order valence-corrected chi connectivity index (χ4v) is 0. The normalized spacial score (nSPS) is 10.0. The molecule has 0 unspecified atom stereocenters. The Labute approximate surface area is 53.3 Å². The van der Waals surface area contributed by atoms with Gasteiger partial charge in [-0.1, -0.05) is 0 Å². The molecule has 6 heteroatoms. The number of rotatable bonds is 1. The van der Waals surface area contributed by atoms with E-state index in [2.05, 4.69) is 0 Å². The van der Waals surface area contributed by atoms with Crippen molar-refractivity contribution >= 4 is 10.0 Å². The molecule has 0 heterocycles. The average molecular weight is 119 g/mol. The van der Waals surface area contributed by atoms with Crippen LogP contribution in [0.25, 0.3) is 5.14 Å². The minimum absolute atomic E-state index is 0. The molecule has 0 aliphatic rings. The summed E-state index contributed by atoms with van der Waals surface area (Å²) in [6, 6.07) is -1.59. The molecule has 0 aromatic heterocycles. The minimum atomic E-state index is -4.08. The molecule has 38 valence electrons. The molecule has 0 aliphatic carbocycles. The van der Waals surface area contributed by atoms with Gasteiger partial charge in [0.05, 0.1) is 10.0 Å². The zero-order valence-corrected chi connectivity index (χ0v) is 4.63. The summed E-state index contributed by atoms with van der Waals surface area (Å²) in [5.74, 6) is 0. The van der Waals surface area contributed by atoms with E-state index in [0.29, 0.717) is 0 Å². The summed E-state index contributed by atoms with van der Waals surface area (Å²) in [6.45, 7) is 0. The van der Waals surface area contributed by atoms with Crippen LogP contribution < -0.4 is 18.9 Å². The predicted octanol–water partition coefficient (Wildman–Crippen LogP) is -2.70. The molecule has 0 radical (unpaired) electrons. The van der Waals surface area contributed by atoms with E-state index in [9.17, 15) is 12.8 Å². The van der Waals surface area contributed by atoms with Crippen molar-refractivity contribution < 1.29 is 31.7 Å². The summed E-state index contributed by atoms with van der Waals surface area (Å²) in [7, 11) is -4.08. The monoisotopic (exact) mass is 119 g/mol. The molecule has 0 saturated carbocycles. The topological polar surface area (TPSA) is 57.9 Å². The first-order chi connectivity index (χ1) is 2.56. The molecule has 0 amide bonds. The maximum atomic E-state index is 10.7. The predicted molar refractivity (Wildman–Crippen MR) is 19.2 cm³/mol.